The van der Waals surface area contributed by atoms with Crippen LogP contribution in [0, 0.1) is 5.82 Å². The molecule has 3 N–H and O–H groups in total. The van der Waals surface area contributed by atoms with E-state index in [1.807, 2.05) is 18.2 Å². The summed E-state index contributed by atoms with van der Waals surface area (Å²) >= 11 is 0. The number of hydrogen-bond acceptors (Lipinski definition) is 4. The molecule has 0 atom stereocenters. The van der Waals surface area contributed by atoms with Crippen LogP contribution >= 0.6 is 0 Å². The first-order valence-electron chi connectivity index (χ1n) is 10.5. The smallest absolute Gasteiger partial charge is 0.268 e. The van der Waals surface area contributed by atoms with Crippen LogP contribution in [-0.4, -0.2) is 37.3 Å². The van der Waals surface area contributed by atoms with E-state index in [1.165, 1.54) is 48.9 Å². The maximum Gasteiger partial charge on any atom is 0.268 e. The number of sulfonamides is 1. The highest BCUT2D eigenvalue weighted by molar-refractivity contribution is 7.92. The molecular formula is C23H25FN4O3S. The molecule has 0 saturated carbocycles. The van der Waals surface area contributed by atoms with Crippen LogP contribution in [0.2, 0.25) is 0 Å². The molecule has 1 aliphatic rings. The van der Waals surface area contributed by atoms with Gasteiger partial charge in [-0.05, 0) is 55.3 Å². The van der Waals surface area contributed by atoms with Gasteiger partial charge < -0.3 is 10.3 Å². The summed E-state index contributed by atoms with van der Waals surface area (Å²) in [5.74, 6) is -1.11. The minimum Gasteiger partial charge on any atom is -0.356 e. The Balaban J connectivity index is 1.41. The van der Waals surface area contributed by atoms with Gasteiger partial charge in [-0.15, -0.1) is 0 Å². The summed E-state index contributed by atoms with van der Waals surface area (Å²) in [6.07, 6.45) is 3.63. The normalized spacial score (nSPS) is 14.4. The van der Waals surface area contributed by atoms with Crippen molar-refractivity contribution in [2.24, 2.45) is 0 Å². The van der Waals surface area contributed by atoms with Gasteiger partial charge in [-0.25, -0.2) is 12.8 Å². The van der Waals surface area contributed by atoms with Gasteiger partial charge in [0.1, 0.15) is 16.4 Å². The highest BCUT2D eigenvalue weighted by Gasteiger charge is 2.20. The topological polar surface area (TPSA) is 94.3 Å². The van der Waals surface area contributed by atoms with Gasteiger partial charge in [0.2, 0.25) is 0 Å². The summed E-state index contributed by atoms with van der Waals surface area (Å²) in [5.41, 5.74) is 2.14. The van der Waals surface area contributed by atoms with E-state index in [2.05, 4.69) is 26.0 Å². The second-order valence-corrected chi connectivity index (χ2v) is 9.45. The van der Waals surface area contributed by atoms with Crippen LogP contribution in [0.25, 0.3) is 0 Å². The van der Waals surface area contributed by atoms with Crippen LogP contribution in [0.15, 0.2) is 65.7 Å². The lowest BCUT2D eigenvalue weighted by Gasteiger charge is -2.17. The number of likely N-dealkylation sites (tertiary alicyclic amines) is 1. The third-order valence-corrected chi connectivity index (χ3v) is 6.82. The Morgan fingerprint density at radius 3 is 2.47 bits per heavy atom. The van der Waals surface area contributed by atoms with Crippen LogP contribution in [0.4, 0.5) is 10.1 Å². The fraction of sp³-hybridized carbons (Fsp3) is 0.261. The number of carbonyl (C=O) groups is 1. The number of aromatic amines is 1. The van der Waals surface area contributed by atoms with Crippen LogP contribution in [0.1, 0.15) is 34.5 Å². The first-order chi connectivity index (χ1) is 15.4. The third kappa shape index (κ3) is 5.17. The molecule has 2 aromatic carbocycles. The number of H-pyrrole nitrogens is 1. The van der Waals surface area contributed by atoms with Crippen LogP contribution in [-0.2, 0) is 23.1 Å². The molecule has 0 unspecified atom stereocenters. The fourth-order valence-electron chi connectivity index (χ4n) is 3.74. The number of benzene rings is 2. The predicted octanol–water partition coefficient (Wildman–Crippen LogP) is 3.48. The molecule has 1 aromatic heterocycles. The second-order valence-electron chi connectivity index (χ2n) is 7.77. The highest BCUT2D eigenvalue weighted by atomic mass is 32.2. The van der Waals surface area contributed by atoms with Crippen molar-refractivity contribution in [3.63, 3.8) is 0 Å². The van der Waals surface area contributed by atoms with Gasteiger partial charge in [-0.2, -0.15) is 0 Å². The summed E-state index contributed by atoms with van der Waals surface area (Å²) in [5, 5.41) is 2.84. The monoisotopic (exact) mass is 456 g/mol. The van der Waals surface area contributed by atoms with Crippen molar-refractivity contribution in [1.82, 2.24) is 15.2 Å². The lowest BCUT2D eigenvalue weighted by Crippen LogP contribution is -2.25. The van der Waals surface area contributed by atoms with Crippen molar-refractivity contribution < 1.29 is 17.6 Å². The number of carbonyl (C=O) groups excluding carboxylic acids is 1. The van der Waals surface area contributed by atoms with E-state index in [4.69, 9.17) is 0 Å². The average Bonchev–Trinajstić information content (AvgIpc) is 3.47. The number of rotatable bonds is 8. The van der Waals surface area contributed by atoms with Crippen molar-refractivity contribution in [1.29, 1.82) is 0 Å². The number of hydrogen-bond donors (Lipinski definition) is 3. The fourth-order valence-corrected chi connectivity index (χ4v) is 4.80. The quantitative estimate of drug-likeness (QED) is 0.484. The zero-order valence-corrected chi connectivity index (χ0v) is 18.3. The molecule has 0 radical (unpaired) electrons. The summed E-state index contributed by atoms with van der Waals surface area (Å²) in [7, 11) is -4.04. The van der Waals surface area contributed by atoms with Crippen LogP contribution in [0.5, 0.6) is 0 Å². The molecule has 32 heavy (non-hydrogen) atoms. The van der Waals surface area contributed by atoms with Gasteiger partial charge >= 0.3 is 0 Å². The van der Waals surface area contributed by atoms with Crippen molar-refractivity contribution >= 4 is 21.6 Å². The molecule has 1 aliphatic heterocycles. The molecule has 0 bridgehead atoms. The molecule has 3 aromatic rings. The van der Waals surface area contributed by atoms with E-state index in [9.17, 15) is 17.6 Å². The average molecular weight is 457 g/mol. The van der Waals surface area contributed by atoms with Gasteiger partial charge in [0.15, 0.2) is 0 Å². The minimum atomic E-state index is -4.04. The van der Waals surface area contributed by atoms with E-state index in [0.29, 0.717) is 6.54 Å². The Labute approximate surface area is 186 Å². The predicted molar refractivity (Wildman–Crippen MR) is 120 cm³/mol. The molecule has 4 rings (SSSR count). The molecule has 7 nitrogen and oxygen atoms in total. The standard InChI is InChI=1S/C23H25FN4O3S/c24-20-9-3-4-10-21(20)27-32(30,31)19-13-22(25-15-19)23(29)26-14-17-7-1-2-8-18(17)16-28-11-5-6-12-28/h1-4,7-10,13,15,25,27H,5-6,11-12,14,16H2,(H,26,29). The first-order valence-corrected chi connectivity index (χ1v) is 11.9. The van der Waals surface area contributed by atoms with E-state index in [-0.39, 0.29) is 16.3 Å². The summed E-state index contributed by atoms with van der Waals surface area (Å²) < 4.78 is 41.1. The number of amides is 1. The largest absolute Gasteiger partial charge is 0.356 e. The number of anilines is 1. The van der Waals surface area contributed by atoms with Crippen molar-refractivity contribution in [3.05, 3.63) is 83.4 Å². The molecule has 168 valence electrons. The number of aromatic nitrogens is 1. The minimum absolute atomic E-state index is 0.107. The Bertz CT molecular complexity index is 1200. The molecule has 1 saturated heterocycles. The Morgan fingerprint density at radius 2 is 1.72 bits per heavy atom. The Hall–Kier alpha value is -3.17. The Kier molecular flexibility index (Phi) is 6.57. The summed E-state index contributed by atoms with van der Waals surface area (Å²) in [4.78, 5) is 17.5. The highest BCUT2D eigenvalue weighted by Crippen LogP contribution is 2.20. The zero-order chi connectivity index (χ0) is 22.6. The lowest BCUT2D eigenvalue weighted by atomic mass is 10.1. The van der Waals surface area contributed by atoms with Crippen LogP contribution < -0.4 is 10.0 Å². The third-order valence-electron chi connectivity index (χ3n) is 5.48. The van der Waals surface area contributed by atoms with Crippen molar-refractivity contribution in [3.8, 4) is 0 Å². The van der Waals surface area contributed by atoms with Gasteiger partial charge in [0.05, 0.1) is 5.69 Å². The van der Waals surface area contributed by atoms with Gasteiger partial charge in [-0.1, -0.05) is 36.4 Å². The number of nitrogens with one attached hydrogen (secondary N) is 3. The number of para-hydroxylation sites is 1. The molecule has 1 amide bonds. The SMILES string of the molecule is O=C(NCc1ccccc1CN1CCCC1)c1cc(S(=O)(=O)Nc2ccccc2F)c[nH]1. The lowest BCUT2D eigenvalue weighted by molar-refractivity contribution is 0.0946. The maximum atomic E-state index is 13.8. The first kappa shape index (κ1) is 22.0. The van der Waals surface area contributed by atoms with Crippen molar-refractivity contribution in [2.45, 2.75) is 30.8 Å². The second kappa shape index (κ2) is 9.54. The number of nitrogens with zero attached hydrogens (tertiary/aromatic N) is 1. The van der Waals surface area contributed by atoms with Crippen LogP contribution in [0.3, 0.4) is 0 Å². The molecule has 2 heterocycles. The number of halogens is 1. The van der Waals surface area contributed by atoms with E-state index < -0.39 is 21.7 Å². The van der Waals surface area contributed by atoms with Crippen molar-refractivity contribution in [2.75, 3.05) is 17.8 Å². The summed E-state index contributed by atoms with van der Waals surface area (Å²) in [6, 6.07) is 14.7. The molecule has 9 heteroatoms. The molecule has 0 aliphatic carbocycles. The molecular weight excluding hydrogens is 431 g/mol. The molecule has 0 spiro atoms. The van der Waals surface area contributed by atoms with Gasteiger partial charge in [0.25, 0.3) is 15.9 Å². The van der Waals surface area contributed by atoms with E-state index in [1.54, 1.807) is 0 Å². The van der Waals surface area contributed by atoms with Gasteiger partial charge in [-0.3, -0.25) is 14.4 Å². The molecule has 1 fully saturated rings. The maximum absolute atomic E-state index is 13.8. The summed E-state index contributed by atoms with van der Waals surface area (Å²) in [6.45, 7) is 3.35. The van der Waals surface area contributed by atoms with Gasteiger partial charge in [0, 0.05) is 19.3 Å². The van der Waals surface area contributed by atoms with E-state index in [0.717, 1.165) is 31.3 Å². The Morgan fingerprint density at radius 1 is 1.03 bits per heavy atom. The van der Waals surface area contributed by atoms with E-state index >= 15 is 0 Å². The zero-order valence-electron chi connectivity index (χ0n) is 17.5.